The molecule has 3 rings (SSSR count). The summed E-state index contributed by atoms with van der Waals surface area (Å²) in [5.41, 5.74) is 1.26. The molecule has 0 heterocycles. The summed E-state index contributed by atoms with van der Waals surface area (Å²) in [6.45, 7) is 11.6. The molecule has 0 aromatic heterocycles. The number of hydrogen-bond donors (Lipinski definition) is 1. The predicted octanol–water partition coefficient (Wildman–Crippen LogP) is 6.08. The van der Waals surface area contributed by atoms with Crippen LogP contribution in [0.3, 0.4) is 0 Å². The molecule has 0 bridgehead atoms. The third-order valence-electron chi connectivity index (χ3n) is 5.64. The van der Waals surface area contributed by atoms with Crippen LogP contribution >= 0.6 is 0 Å². The van der Waals surface area contributed by atoms with E-state index in [9.17, 15) is 5.11 Å². The molecule has 34 heavy (non-hydrogen) atoms. The first-order valence-corrected chi connectivity index (χ1v) is 14.7. The second kappa shape index (κ2) is 11.8. The minimum Gasteiger partial charge on any atom is -0.489 e. The van der Waals surface area contributed by atoms with Gasteiger partial charge >= 0.3 is 0 Å². The van der Waals surface area contributed by atoms with Crippen molar-refractivity contribution in [2.45, 2.75) is 58.8 Å². The molecule has 0 spiro atoms. The van der Waals surface area contributed by atoms with Gasteiger partial charge in [-0.15, -0.1) is 0 Å². The highest BCUT2D eigenvalue weighted by atomic mass is 28.3. The van der Waals surface area contributed by atoms with Crippen LogP contribution in [0.1, 0.15) is 37.5 Å². The van der Waals surface area contributed by atoms with E-state index in [1.807, 2.05) is 84.9 Å². The quantitative estimate of drug-likeness (QED) is 0.339. The normalized spacial score (nSPS) is 14.6. The smallest absolute Gasteiger partial charge is 0.171 e. The van der Waals surface area contributed by atoms with Gasteiger partial charge in [0, 0.05) is 0 Å². The predicted molar refractivity (Wildman–Crippen MR) is 140 cm³/mol. The second-order valence-corrected chi connectivity index (χ2v) is 12.5. The van der Waals surface area contributed by atoms with Crippen LogP contribution in [0.5, 0.6) is 5.75 Å². The molecule has 182 valence electrons. The van der Waals surface area contributed by atoms with E-state index in [1.165, 1.54) is 0 Å². The van der Waals surface area contributed by atoms with Gasteiger partial charge in [0.2, 0.25) is 0 Å². The monoisotopic (exact) mass is 478 g/mol. The number of rotatable bonds is 11. The molecule has 0 amide bonds. The van der Waals surface area contributed by atoms with Crippen LogP contribution in [-0.2, 0) is 28.0 Å². The van der Waals surface area contributed by atoms with Gasteiger partial charge in [-0.05, 0) is 47.3 Å². The maximum Gasteiger partial charge on any atom is 0.171 e. The van der Waals surface area contributed by atoms with E-state index < -0.39 is 20.7 Å². The summed E-state index contributed by atoms with van der Waals surface area (Å²) in [5.74, 6) is 0.706. The Balaban J connectivity index is 1.88. The van der Waals surface area contributed by atoms with Crippen molar-refractivity contribution in [3.05, 3.63) is 102 Å². The summed E-state index contributed by atoms with van der Waals surface area (Å²) >= 11 is 0. The summed E-state index contributed by atoms with van der Waals surface area (Å²) < 4.78 is 18.6. The van der Waals surface area contributed by atoms with Crippen molar-refractivity contribution in [1.29, 1.82) is 0 Å². The molecule has 1 N–H and O–H groups in total. The highest BCUT2D eigenvalue weighted by Crippen LogP contribution is 2.39. The lowest BCUT2D eigenvalue weighted by Crippen LogP contribution is -2.53. The van der Waals surface area contributed by atoms with E-state index in [0.29, 0.717) is 19.0 Å². The van der Waals surface area contributed by atoms with E-state index in [1.54, 1.807) is 0 Å². The average Bonchev–Trinajstić information content (AvgIpc) is 2.82. The fraction of sp³-hybridized carbons (Fsp3) is 0.379. The van der Waals surface area contributed by atoms with Crippen molar-refractivity contribution in [1.82, 2.24) is 0 Å². The zero-order chi connectivity index (χ0) is 24.6. The lowest BCUT2D eigenvalue weighted by Gasteiger charge is -2.44. The molecule has 0 radical (unpaired) electrons. The van der Waals surface area contributed by atoms with Gasteiger partial charge < -0.3 is 19.0 Å². The van der Waals surface area contributed by atoms with Crippen LogP contribution < -0.4 is 4.74 Å². The minimum atomic E-state index is -1.46. The van der Waals surface area contributed by atoms with E-state index in [0.717, 1.165) is 16.7 Å². The lowest BCUT2D eigenvalue weighted by molar-refractivity contribution is -0.153. The fourth-order valence-corrected chi connectivity index (χ4v) is 5.29. The highest BCUT2D eigenvalue weighted by molar-refractivity contribution is 6.48. The zero-order valence-corrected chi connectivity index (χ0v) is 22.2. The Hall–Kier alpha value is -2.44. The Bertz CT molecular complexity index is 1000. The van der Waals surface area contributed by atoms with Crippen LogP contribution in [0.4, 0.5) is 0 Å². The average molecular weight is 479 g/mol. The first kappa shape index (κ1) is 26.2. The number of ether oxygens (including phenoxy) is 2. The lowest BCUT2D eigenvalue weighted by atomic mass is 9.75. The maximum absolute atomic E-state index is 12.2. The molecule has 0 aliphatic rings. The molecule has 3 aromatic carbocycles. The van der Waals surface area contributed by atoms with Crippen LogP contribution in [0.25, 0.3) is 0 Å². The first-order valence-electron chi connectivity index (χ1n) is 12.0. The van der Waals surface area contributed by atoms with Crippen molar-refractivity contribution < 1.29 is 19.0 Å². The molecule has 0 aliphatic heterocycles. The van der Waals surface area contributed by atoms with Crippen LogP contribution in [0.2, 0.25) is 13.1 Å². The van der Waals surface area contributed by atoms with Crippen molar-refractivity contribution in [3.63, 3.8) is 0 Å². The Morgan fingerprint density at radius 3 is 1.94 bits per heavy atom. The zero-order valence-electron chi connectivity index (χ0n) is 21.0. The molecule has 0 aliphatic carbocycles. The van der Waals surface area contributed by atoms with E-state index in [2.05, 4.69) is 33.9 Å². The summed E-state index contributed by atoms with van der Waals surface area (Å²) in [7, 11) is -1.46. The molecule has 2 atom stereocenters. The Kier molecular flexibility index (Phi) is 9.08. The van der Waals surface area contributed by atoms with E-state index in [-0.39, 0.29) is 12.0 Å². The maximum atomic E-state index is 12.2. The van der Waals surface area contributed by atoms with Crippen molar-refractivity contribution in [2.75, 3.05) is 6.61 Å². The summed E-state index contributed by atoms with van der Waals surface area (Å²) in [6.07, 6.45) is -0.438. The number of hydrogen-bond acceptors (Lipinski definition) is 4. The Morgan fingerprint density at radius 1 is 0.794 bits per heavy atom. The van der Waals surface area contributed by atoms with Gasteiger partial charge in [0.25, 0.3) is 0 Å². The third kappa shape index (κ3) is 7.28. The highest BCUT2D eigenvalue weighted by Gasteiger charge is 2.46. The van der Waals surface area contributed by atoms with Crippen LogP contribution in [-0.4, -0.2) is 26.9 Å². The van der Waals surface area contributed by atoms with Gasteiger partial charge in [0.1, 0.15) is 18.0 Å². The molecule has 4 nitrogen and oxygen atoms in total. The number of aliphatic hydroxyl groups is 1. The molecule has 5 heteroatoms. The van der Waals surface area contributed by atoms with Crippen LogP contribution in [0.15, 0.2) is 84.9 Å². The first-order chi connectivity index (χ1) is 16.2. The Morgan fingerprint density at radius 2 is 1.38 bits per heavy atom. The molecule has 0 saturated carbocycles. The van der Waals surface area contributed by atoms with Gasteiger partial charge in [0.05, 0.1) is 19.3 Å². The minimum absolute atomic E-state index is 0.118. The molecular formula is C29H38O4Si. The summed E-state index contributed by atoms with van der Waals surface area (Å²) in [5, 5.41) is 12.2. The van der Waals surface area contributed by atoms with Gasteiger partial charge in [-0.2, -0.15) is 0 Å². The van der Waals surface area contributed by atoms with Crippen molar-refractivity contribution in [3.8, 4) is 5.75 Å². The summed E-state index contributed by atoms with van der Waals surface area (Å²) in [4.78, 5) is 0. The van der Waals surface area contributed by atoms with E-state index >= 15 is 0 Å². The SMILES string of the molecule is C[SiH](C)OC(C(C)(C)C)C(O)(COCc1ccccc1)c1cccc(OCc2ccccc2)c1. The molecule has 0 saturated heterocycles. The van der Waals surface area contributed by atoms with Gasteiger partial charge in [-0.1, -0.05) is 93.6 Å². The topological polar surface area (TPSA) is 47.9 Å². The molecular weight excluding hydrogens is 440 g/mol. The molecule has 3 aromatic rings. The van der Waals surface area contributed by atoms with Crippen molar-refractivity contribution >= 4 is 9.04 Å². The molecule has 2 unspecified atom stereocenters. The number of benzene rings is 3. The van der Waals surface area contributed by atoms with E-state index in [4.69, 9.17) is 13.9 Å². The largest absolute Gasteiger partial charge is 0.489 e. The third-order valence-corrected chi connectivity index (χ3v) is 6.46. The van der Waals surface area contributed by atoms with Gasteiger partial charge in [-0.3, -0.25) is 0 Å². The van der Waals surface area contributed by atoms with Gasteiger partial charge in [0.15, 0.2) is 9.04 Å². The standard InChI is InChI=1S/C29H38O4Si/c1-28(2,3)27(33-34(4)5)29(30,22-31-20-23-13-8-6-9-14-23)25-17-12-18-26(19-25)32-21-24-15-10-7-11-16-24/h6-19,27,30,34H,20-22H2,1-5H3. The van der Waals surface area contributed by atoms with Crippen LogP contribution in [0, 0.1) is 5.41 Å². The van der Waals surface area contributed by atoms with Gasteiger partial charge in [-0.25, -0.2) is 0 Å². The summed E-state index contributed by atoms with van der Waals surface area (Å²) in [6, 6.07) is 27.8. The fourth-order valence-electron chi connectivity index (χ4n) is 4.11. The second-order valence-electron chi connectivity index (χ2n) is 10.1. The molecule has 0 fully saturated rings. The Labute approximate surface area is 206 Å². The van der Waals surface area contributed by atoms with Crippen molar-refractivity contribution in [2.24, 2.45) is 5.41 Å².